The Morgan fingerprint density at radius 2 is 2.00 bits per heavy atom. The summed E-state index contributed by atoms with van der Waals surface area (Å²) >= 11 is 0. The van der Waals surface area contributed by atoms with Gasteiger partial charge in [-0.1, -0.05) is 36.4 Å². The van der Waals surface area contributed by atoms with Gasteiger partial charge in [-0.2, -0.15) is 4.31 Å². The first-order valence-corrected chi connectivity index (χ1v) is 10.1. The first-order chi connectivity index (χ1) is 12.9. The van der Waals surface area contributed by atoms with Gasteiger partial charge in [0, 0.05) is 18.8 Å². The molecule has 1 unspecified atom stereocenters. The highest BCUT2D eigenvalue weighted by Crippen LogP contribution is 2.22. The fraction of sp³-hybridized carbons (Fsp3) is 0.316. The third-order valence-electron chi connectivity index (χ3n) is 4.13. The molecule has 2 aromatic carbocycles. The summed E-state index contributed by atoms with van der Waals surface area (Å²) in [7, 11) is -3.65. The molecule has 0 spiro atoms. The maximum Gasteiger partial charge on any atom is 0.411 e. The molecule has 1 N–H and O–H groups in total. The number of sulfonamides is 1. The van der Waals surface area contributed by atoms with Crippen LogP contribution in [0.4, 0.5) is 10.5 Å². The second kappa shape index (κ2) is 8.51. The molecule has 0 saturated carbocycles. The van der Waals surface area contributed by atoms with Crippen molar-refractivity contribution in [3.05, 3.63) is 60.2 Å². The van der Waals surface area contributed by atoms with Crippen LogP contribution in [0.15, 0.2) is 59.5 Å². The molecule has 0 radical (unpaired) electrons. The van der Waals surface area contributed by atoms with Crippen molar-refractivity contribution in [3.8, 4) is 0 Å². The molecule has 144 valence electrons. The molecule has 0 aliphatic carbocycles. The number of rotatable bonds is 5. The van der Waals surface area contributed by atoms with Crippen LogP contribution in [-0.4, -0.2) is 44.6 Å². The molecule has 2 aromatic rings. The lowest BCUT2D eigenvalue weighted by atomic mass is 10.2. The normalized spacial score (nSPS) is 18.0. The van der Waals surface area contributed by atoms with Gasteiger partial charge in [-0.05, 0) is 30.7 Å². The number of anilines is 1. The highest BCUT2D eigenvalue weighted by atomic mass is 32.2. The van der Waals surface area contributed by atoms with Gasteiger partial charge in [-0.15, -0.1) is 0 Å². The number of amides is 1. The van der Waals surface area contributed by atoms with Gasteiger partial charge in [0.2, 0.25) is 10.0 Å². The lowest BCUT2D eigenvalue weighted by Crippen LogP contribution is -2.44. The summed E-state index contributed by atoms with van der Waals surface area (Å²) in [6.07, 6.45) is -0.795. The Balaban J connectivity index is 1.65. The molecule has 1 heterocycles. The predicted molar refractivity (Wildman–Crippen MR) is 101 cm³/mol. The fourth-order valence-electron chi connectivity index (χ4n) is 2.77. The van der Waals surface area contributed by atoms with Crippen molar-refractivity contribution >= 4 is 21.8 Å². The molecule has 8 heteroatoms. The Kier molecular flexibility index (Phi) is 6.10. The molecular formula is C19H22N2O5S. The molecule has 1 aliphatic heterocycles. The maximum absolute atomic E-state index is 12.8. The highest BCUT2D eigenvalue weighted by molar-refractivity contribution is 7.89. The van der Waals surface area contributed by atoms with Crippen LogP contribution >= 0.6 is 0 Å². The van der Waals surface area contributed by atoms with Crippen LogP contribution in [0.2, 0.25) is 0 Å². The minimum absolute atomic E-state index is 0.123. The Morgan fingerprint density at radius 1 is 1.22 bits per heavy atom. The quantitative estimate of drug-likeness (QED) is 0.849. The molecule has 0 aromatic heterocycles. The summed E-state index contributed by atoms with van der Waals surface area (Å²) in [4.78, 5) is 12.1. The van der Waals surface area contributed by atoms with Crippen molar-refractivity contribution < 1.29 is 22.7 Å². The van der Waals surface area contributed by atoms with E-state index in [9.17, 15) is 13.2 Å². The van der Waals surface area contributed by atoms with Crippen molar-refractivity contribution in [1.29, 1.82) is 0 Å². The summed E-state index contributed by atoms with van der Waals surface area (Å²) in [5, 5.41) is 2.57. The number of morpholine rings is 1. The SMILES string of the molecule is CC1CN(S(=O)(=O)c2cccc(NC(=O)OCc3ccccc3)c2)CCO1. The number of hydrogen-bond acceptors (Lipinski definition) is 5. The van der Waals surface area contributed by atoms with E-state index in [1.54, 1.807) is 12.1 Å². The van der Waals surface area contributed by atoms with E-state index in [0.717, 1.165) is 5.56 Å². The fourth-order valence-corrected chi connectivity index (χ4v) is 4.31. The summed E-state index contributed by atoms with van der Waals surface area (Å²) in [5.74, 6) is 0. The summed E-state index contributed by atoms with van der Waals surface area (Å²) in [6, 6.07) is 15.4. The van der Waals surface area contributed by atoms with Gasteiger partial charge in [0.25, 0.3) is 0 Å². The third-order valence-corrected chi connectivity index (χ3v) is 6.00. The zero-order chi connectivity index (χ0) is 19.3. The first kappa shape index (κ1) is 19.3. The number of benzene rings is 2. The minimum atomic E-state index is -3.65. The Hall–Kier alpha value is -2.42. The lowest BCUT2D eigenvalue weighted by molar-refractivity contribution is 0.0102. The van der Waals surface area contributed by atoms with E-state index in [-0.39, 0.29) is 17.6 Å². The largest absolute Gasteiger partial charge is 0.444 e. The van der Waals surface area contributed by atoms with E-state index in [1.165, 1.54) is 16.4 Å². The molecule has 1 aliphatic rings. The van der Waals surface area contributed by atoms with Crippen LogP contribution in [0.3, 0.4) is 0 Å². The number of hydrogen-bond donors (Lipinski definition) is 1. The molecule has 0 bridgehead atoms. The van der Waals surface area contributed by atoms with Gasteiger partial charge in [0.15, 0.2) is 0 Å². The minimum Gasteiger partial charge on any atom is -0.444 e. The average molecular weight is 390 g/mol. The monoisotopic (exact) mass is 390 g/mol. The summed E-state index contributed by atoms with van der Waals surface area (Å²) in [6.45, 7) is 2.95. The standard InChI is InChI=1S/C19H22N2O5S/c1-15-13-21(10-11-25-15)27(23,24)18-9-5-8-17(12-18)20-19(22)26-14-16-6-3-2-4-7-16/h2-9,12,15H,10-11,13-14H2,1H3,(H,20,22). The molecule has 7 nitrogen and oxygen atoms in total. The van der Waals surface area contributed by atoms with Gasteiger partial charge in [0.05, 0.1) is 17.6 Å². The number of ether oxygens (including phenoxy) is 2. The van der Waals surface area contributed by atoms with Gasteiger partial charge in [0.1, 0.15) is 6.61 Å². The van der Waals surface area contributed by atoms with E-state index in [0.29, 0.717) is 25.4 Å². The van der Waals surface area contributed by atoms with E-state index in [4.69, 9.17) is 9.47 Å². The van der Waals surface area contributed by atoms with Crippen LogP contribution in [0, 0.1) is 0 Å². The zero-order valence-corrected chi connectivity index (χ0v) is 15.8. The molecule has 3 rings (SSSR count). The smallest absolute Gasteiger partial charge is 0.411 e. The van der Waals surface area contributed by atoms with Crippen LogP contribution in [0.25, 0.3) is 0 Å². The molecule has 1 saturated heterocycles. The molecule has 1 atom stereocenters. The van der Waals surface area contributed by atoms with E-state index < -0.39 is 16.1 Å². The van der Waals surface area contributed by atoms with E-state index in [2.05, 4.69) is 5.32 Å². The first-order valence-electron chi connectivity index (χ1n) is 8.64. The summed E-state index contributed by atoms with van der Waals surface area (Å²) in [5.41, 5.74) is 1.22. The zero-order valence-electron chi connectivity index (χ0n) is 15.0. The molecule has 1 amide bonds. The van der Waals surface area contributed by atoms with E-state index >= 15 is 0 Å². The average Bonchev–Trinajstić information content (AvgIpc) is 2.67. The van der Waals surface area contributed by atoms with Crippen molar-refractivity contribution in [3.63, 3.8) is 0 Å². The second-order valence-electron chi connectivity index (χ2n) is 6.26. The Labute approximate surface area is 158 Å². The maximum atomic E-state index is 12.8. The van der Waals surface area contributed by atoms with Crippen molar-refractivity contribution in [2.24, 2.45) is 0 Å². The number of nitrogens with one attached hydrogen (secondary N) is 1. The molecule has 1 fully saturated rings. The molecular weight excluding hydrogens is 368 g/mol. The van der Waals surface area contributed by atoms with Crippen LogP contribution in [0.1, 0.15) is 12.5 Å². The Bertz CT molecular complexity index is 886. The van der Waals surface area contributed by atoms with Gasteiger partial charge in [-0.25, -0.2) is 13.2 Å². The van der Waals surface area contributed by atoms with Crippen molar-refractivity contribution in [2.45, 2.75) is 24.5 Å². The van der Waals surface area contributed by atoms with Gasteiger partial charge >= 0.3 is 6.09 Å². The third kappa shape index (κ3) is 5.06. The topological polar surface area (TPSA) is 84.9 Å². The predicted octanol–water partition coefficient (Wildman–Crippen LogP) is 2.84. The van der Waals surface area contributed by atoms with E-state index in [1.807, 2.05) is 37.3 Å². The van der Waals surface area contributed by atoms with Crippen molar-refractivity contribution in [2.75, 3.05) is 25.0 Å². The van der Waals surface area contributed by atoms with Crippen LogP contribution in [-0.2, 0) is 26.1 Å². The number of carbonyl (C=O) groups is 1. The van der Waals surface area contributed by atoms with Crippen LogP contribution < -0.4 is 5.32 Å². The lowest BCUT2D eigenvalue weighted by Gasteiger charge is -2.30. The summed E-state index contributed by atoms with van der Waals surface area (Å²) < 4.78 is 37.6. The van der Waals surface area contributed by atoms with Gasteiger partial charge in [-0.3, -0.25) is 5.32 Å². The van der Waals surface area contributed by atoms with Gasteiger partial charge < -0.3 is 9.47 Å². The van der Waals surface area contributed by atoms with Crippen LogP contribution in [0.5, 0.6) is 0 Å². The number of carbonyl (C=O) groups excluding carboxylic acids is 1. The Morgan fingerprint density at radius 3 is 2.74 bits per heavy atom. The highest BCUT2D eigenvalue weighted by Gasteiger charge is 2.29. The number of nitrogens with zero attached hydrogens (tertiary/aromatic N) is 1. The second-order valence-corrected chi connectivity index (χ2v) is 8.20. The molecule has 27 heavy (non-hydrogen) atoms. The van der Waals surface area contributed by atoms with Crippen molar-refractivity contribution in [1.82, 2.24) is 4.31 Å².